The third-order valence-electron chi connectivity index (χ3n) is 4.26. The predicted octanol–water partition coefficient (Wildman–Crippen LogP) is 4.91. The van der Waals surface area contributed by atoms with Gasteiger partial charge in [0.15, 0.2) is 5.82 Å². The summed E-state index contributed by atoms with van der Waals surface area (Å²) in [5, 5.41) is 24.9. The predicted molar refractivity (Wildman–Crippen MR) is 113 cm³/mol. The number of aromatic hydroxyl groups is 2. The highest BCUT2D eigenvalue weighted by atomic mass is 32.1. The van der Waals surface area contributed by atoms with E-state index in [0.29, 0.717) is 22.9 Å². The van der Waals surface area contributed by atoms with Crippen LogP contribution in [-0.2, 0) is 0 Å². The lowest BCUT2D eigenvalue weighted by Crippen LogP contribution is -2.02. The summed E-state index contributed by atoms with van der Waals surface area (Å²) in [4.78, 5) is 11.0. The molecule has 3 N–H and O–H groups in total. The molecule has 28 heavy (non-hydrogen) atoms. The van der Waals surface area contributed by atoms with Gasteiger partial charge in [-0.05, 0) is 43.7 Å². The summed E-state index contributed by atoms with van der Waals surface area (Å²) in [5.41, 5.74) is 5.09. The van der Waals surface area contributed by atoms with Gasteiger partial charge in [-0.25, -0.2) is 9.97 Å². The van der Waals surface area contributed by atoms with Gasteiger partial charge in [-0.1, -0.05) is 30.3 Å². The van der Waals surface area contributed by atoms with Crippen LogP contribution in [-0.4, -0.2) is 25.9 Å². The molecule has 2 heterocycles. The summed E-state index contributed by atoms with van der Waals surface area (Å²) in [6, 6.07) is 16.5. The van der Waals surface area contributed by atoms with Crippen LogP contribution in [0, 0.1) is 6.92 Å². The second kappa shape index (κ2) is 7.28. The molecule has 0 bridgehead atoms. The Bertz CT molecular complexity index is 1190. The van der Waals surface area contributed by atoms with Crippen molar-refractivity contribution in [3.05, 3.63) is 66.0 Å². The lowest BCUT2D eigenvalue weighted by Gasteiger charge is -2.07. The molecule has 0 aliphatic heterocycles. The number of phenolic OH excluding ortho intramolecular Hbond substituents is 2. The Labute approximate surface area is 165 Å². The fourth-order valence-electron chi connectivity index (χ4n) is 2.87. The number of anilines is 1. The molecular formula is C21H18N4O2S. The number of hydrogen-bond donors (Lipinski definition) is 3. The van der Waals surface area contributed by atoms with Crippen LogP contribution in [0.2, 0.25) is 0 Å². The van der Waals surface area contributed by atoms with Crippen molar-refractivity contribution < 1.29 is 10.2 Å². The van der Waals surface area contributed by atoms with E-state index in [4.69, 9.17) is 0 Å². The van der Waals surface area contributed by atoms with Gasteiger partial charge in [0.2, 0.25) is 0 Å². The van der Waals surface area contributed by atoms with E-state index < -0.39 is 0 Å². The maximum atomic E-state index is 10.0. The first kappa shape index (κ1) is 17.9. The minimum absolute atomic E-state index is 0.0479. The van der Waals surface area contributed by atoms with E-state index in [1.807, 2.05) is 31.2 Å². The minimum Gasteiger partial charge on any atom is -0.508 e. The largest absolute Gasteiger partial charge is 0.508 e. The summed E-state index contributed by atoms with van der Waals surface area (Å²) < 4.78 is 0. The van der Waals surface area contributed by atoms with Gasteiger partial charge in [-0.3, -0.25) is 5.43 Å². The Balaban J connectivity index is 1.72. The van der Waals surface area contributed by atoms with Crippen molar-refractivity contribution in [3.8, 4) is 21.9 Å². The van der Waals surface area contributed by atoms with Crippen molar-refractivity contribution in [1.82, 2.24) is 9.97 Å². The van der Waals surface area contributed by atoms with Crippen LogP contribution < -0.4 is 5.43 Å². The number of thiophene rings is 1. The lowest BCUT2D eigenvalue weighted by molar-refractivity contribution is 0.459. The molecule has 2 aromatic carbocycles. The molecule has 7 heteroatoms. The summed E-state index contributed by atoms with van der Waals surface area (Å²) in [7, 11) is 0. The van der Waals surface area contributed by atoms with Crippen molar-refractivity contribution in [1.29, 1.82) is 0 Å². The Hall–Kier alpha value is -3.45. The van der Waals surface area contributed by atoms with Crippen LogP contribution in [0.15, 0.2) is 59.7 Å². The van der Waals surface area contributed by atoms with Gasteiger partial charge in [-0.2, -0.15) is 5.10 Å². The first-order valence-corrected chi connectivity index (χ1v) is 9.49. The Morgan fingerprint density at radius 3 is 2.61 bits per heavy atom. The molecule has 0 radical (unpaired) electrons. The average molecular weight is 390 g/mol. The smallest absolute Gasteiger partial charge is 0.158 e. The van der Waals surface area contributed by atoms with Gasteiger partial charge in [-0.15, -0.1) is 11.3 Å². The zero-order valence-corrected chi connectivity index (χ0v) is 16.2. The van der Waals surface area contributed by atoms with Crippen LogP contribution in [0.25, 0.3) is 20.7 Å². The van der Waals surface area contributed by atoms with Gasteiger partial charge in [0.1, 0.15) is 22.2 Å². The highest BCUT2D eigenvalue weighted by Crippen LogP contribution is 2.35. The molecule has 0 spiro atoms. The molecule has 0 saturated carbocycles. The zero-order valence-electron chi connectivity index (χ0n) is 15.3. The van der Waals surface area contributed by atoms with Gasteiger partial charge in [0.25, 0.3) is 0 Å². The van der Waals surface area contributed by atoms with Crippen LogP contribution in [0.5, 0.6) is 11.5 Å². The molecule has 0 unspecified atom stereocenters. The maximum absolute atomic E-state index is 10.0. The second-order valence-electron chi connectivity index (χ2n) is 6.33. The van der Waals surface area contributed by atoms with Crippen molar-refractivity contribution >= 4 is 33.1 Å². The van der Waals surface area contributed by atoms with Crippen molar-refractivity contribution in [3.63, 3.8) is 0 Å². The van der Waals surface area contributed by atoms with E-state index in [9.17, 15) is 10.2 Å². The van der Waals surface area contributed by atoms with Crippen LogP contribution in [0.3, 0.4) is 0 Å². The third kappa shape index (κ3) is 3.52. The first-order chi connectivity index (χ1) is 13.5. The van der Waals surface area contributed by atoms with Crippen LogP contribution in [0.4, 0.5) is 5.82 Å². The molecule has 4 aromatic rings. The quantitative estimate of drug-likeness (QED) is 0.262. The molecule has 140 valence electrons. The second-order valence-corrected chi connectivity index (χ2v) is 7.36. The summed E-state index contributed by atoms with van der Waals surface area (Å²) in [5.74, 6) is 1.35. The van der Waals surface area contributed by atoms with E-state index in [1.165, 1.54) is 18.2 Å². The number of hydrazone groups is 1. The number of nitrogens with zero attached hydrogens (tertiary/aromatic N) is 3. The first-order valence-electron chi connectivity index (χ1n) is 8.67. The fourth-order valence-corrected chi connectivity index (χ4v) is 3.95. The topological polar surface area (TPSA) is 90.6 Å². The number of rotatable bonds is 4. The molecule has 6 nitrogen and oxygen atoms in total. The van der Waals surface area contributed by atoms with E-state index >= 15 is 0 Å². The summed E-state index contributed by atoms with van der Waals surface area (Å²) >= 11 is 1.60. The monoisotopic (exact) mass is 390 g/mol. The van der Waals surface area contributed by atoms with Gasteiger partial charge >= 0.3 is 0 Å². The number of aromatic nitrogens is 2. The molecule has 2 aromatic heterocycles. The Kier molecular flexibility index (Phi) is 4.67. The summed E-state index contributed by atoms with van der Waals surface area (Å²) in [6.07, 6.45) is 0. The van der Waals surface area contributed by atoms with Crippen molar-refractivity contribution in [2.45, 2.75) is 13.8 Å². The van der Waals surface area contributed by atoms with E-state index in [1.54, 1.807) is 18.3 Å². The normalized spacial score (nSPS) is 11.7. The molecule has 0 aliphatic carbocycles. The Morgan fingerprint density at radius 1 is 1.04 bits per heavy atom. The maximum Gasteiger partial charge on any atom is 0.158 e. The SMILES string of the molecule is C/C(=N\Nc1nc(C)nc2sc(-c3ccccc3)cc12)c1cc(O)ccc1O. The van der Waals surface area contributed by atoms with Crippen molar-refractivity contribution in [2.24, 2.45) is 5.10 Å². The van der Waals surface area contributed by atoms with Crippen LogP contribution >= 0.6 is 11.3 Å². The number of fused-ring (bicyclic) bond motifs is 1. The van der Waals surface area contributed by atoms with Gasteiger partial charge < -0.3 is 10.2 Å². The molecule has 0 saturated heterocycles. The lowest BCUT2D eigenvalue weighted by atomic mass is 10.1. The van der Waals surface area contributed by atoms with E-state index in [-0.39, 0.29) is 11.5 Å². The minimum atomic E-state index is 0.0479. The Morgan fingerprint density at radius 2 is 1.82 bits per heavy atom. The standard InChI is InChI=1S/C21H18N4O2S/c1-12(16-10-15(26)8-9-18(16)27)24-25-20-17-11-19(14-6-4-3-5-7-14)28-21(17)23-13(2)22-20/h3-11,26-27H,1-2H3,(H,22,23,25)/b24-12+. The molecular weight excluding hydrogens is 372 g/mol. The van der Waals surface area contributed by atoms with E-state index in [2.05, 4.69) is 32.6 Å². The zero-order chi connectivity index (χ0) is 19.7. The number of nitrogens with one attached hydrogen (secondary N) is 1. The number of aryl methyl sites for hydroxylation is 1. The summed E-state index contributed by atoms with van der Waals surface area (Å²) in [6.45, 7) is 3.58. The number of benzene rings is 2. The van der Waals surface area contributed by atoms with Gasteiger partial charge in [0.05, 0.1) is 11.1 Å². The fraction of sp³-hybridized carbons (Fsp3) is 0.0952. The third-order valence-corrected chi connectivity index (χ3v) is 5.34. The van der Waals surface area contributed by atoms with Crippen LogP contribution in [0.1, 0.15) is 18.3 Å². The number of phenols is 2. The molecule has 0 aliphatic rings. The van der Waals surface area contributed by atoms with E-state index in [0.717, 1.165) is 20.7 Å². The molecule has 0 fully saturated rings. The van der Waals surface area contributed by atoms with Gasteiger partial charge in [0, 0.05) is 10.4 Å². The van der Waals surface area contributed by atoms with Crippen molar-refractivity contribution in [2.75, 3.05) is 5.43 Å². The molecule has 0 amide bonds. The average Bonchev–Trinajstić information content (AvgIpc) is 3.12. The number of hydrogen-bond acceptors (Lipinski definition) is 7. The highest BCUT2D eigenvalue weighted by molar-refractivity contribution is 7.21. The molecule has 0 atom stereocenters. The highest BCUT2D eigenvalue weighted by Gasteiger charge is 2.12. The molecule has 4 rings (SSSR count).